The number of hydrogen-bond donors (Lipinski definition) is 1. The van der Waals surface area contributed by atoms with Crippen molar-refractivity contribution in [1.82, 2.24) is 0 Å². The van der Waals surface area contributed by atoms with Crippen molar-refractivity contribution in [3.05, 3.63) is 64.1 Å². The van der Waals surface area contributed by atoms with Gasteiger partial charge in [0.15, 0.2) is 0 Å². The molecule has 5 nitrogen and oxygen atoms in total. The molecule has 0 spiro atoms. The third kappa shape index (κ3) is 3.60. The third-order valence-electron chi connectivity index (χ3n) is 4.64. The van der Waals surface area contributed by atoms with E-state index < -0.39 is 0 Å². The third-order valence-corrected chi connectivity index (χ3v) is 5.60. The second kappa shape index (κ2) is 8.02. The van der Waals surface area contributed by atoms with Crippen molar-refractivity contribution in [3.8, 4) is 0 Å². The van der Waals surface area contributed by atoms with Crippen LogP contribution in [0.3, 0.4) is 0 Å². The van der Waals surface area contributed by atoms with Gasteiger partial charge in [-0.3, -0.25) is 14.4 Å². The van der Waals surface area contributed by atoms with Gasteiger partial charge in [0.1, 0.15) is 0 Å². The summed E-state index contributed by atoms with van der Waals surface area (Å²) in [6, 6.07) is 12.6. The Hall–Kier alpha value is -2.86. The number of hydrogen-bond acceptors (Lipinski definition) is 4. The van der Waals surface area contributed by atoms with Crippen molar-refractivity contribution >= 4 is 46.4 Å². The Balaban J connectivity index is 2.05. The molecule has 3 amide bonds. The number of benzene rings is 2. The van der Waals surface area contributed by atoms with E-state index in [9.17, 15) is 14.4 Å². The quantitative estimate of drug-likeness (QED) is 0.768. The van der Waals surface area contributed by atoms with Crippen molar-refractivity contribution in [2.24, 2.45) is 0 Å². The number of nitrogens with one attached hydrogen (secondary N) is 1. The average molecular weight is 394 g/mol. The average Bonchev–Trinajstić information content (AvgIpc) is 2.89. The summed E-state index contributed by atoms with van der Waals surface area (Å²) in [6.07, 6.45) is 0. The second-order valence-corrected chi connectivity index (χ2v) is 7.83. The molecule has 2 aromatic carbocycles. The van der Waals surface area contributed by atoms with Gasteiger partial charge < -0.3 is 5.32 Å². The van der Waals surface area contributed by atoms with Crippen LogP contribution in [0.15, 0.2) is 47.4 Å². The first-order valence-corrected chi connectivity index (χ1v) is 10.0. The summed E-state index contributed by atoms with van der Waals surface area (Å²) in [5.74, 6) is -0.0847. The molecule has 0 saturated heterocycles. The number of nitrogens with zero attached hydrogens (tertiary/aromatic N) is 1. The molecular formula is C22H22N2O3S. The smallest absolute Gasteiger partial charge is 0.272 e. The number of thioether (sulfide) groups is 1. The van der Waals surface area contributed by atoms with Gasteiger partial charge in [0.05, 0.1) is 16.2 Å². The molecule has 144 valence electrons. The number of amides is 3. The molecule has 28 heavy (non-hydrogen) atoms. The first kappa shape index (κ1) is 19.9. The predicted octanol–water partition coefficient (Wildman–Crippen LogP) is 4.30. The van der Waals surface area contributed by atoms with E-state index in [1.807, 2.05) is 32.9 Å². The van der Waals surface area contributed by atoms with Gasteiger partial charge in [-0.1, -0.05) is 31.2 Å². The molecule has 1 aliphatic heterocycles. The Bertz CT molecular complexity index is 993. The number of carbonyl (C=O) groups is 3. The highest BCUT2D eigenvalue weighted by atomic mass is 32.2. The maximum atomic E-state index is 13.3. The standard InChI is InChI=1S/C22H22N2O3S/c1-5-28-20-19(16-9-11-17(12-10-16)23-15(4)25)21(26)24(22(20)27)18-8-6-7-13(2)14(18)3/h6-12H,5H2,1-4H3,(H,23,25). The van der Waals surface area contributed by atoms with Gasteiger partial charge in [-0.05, 0) is 54.5 Å². The Labute approximate surface area is 168 Å². The van der Waals surface area contributed by atoms with Crippen LogP contribution in [-0.4, -0.2) is 23.5 Å². The van der Waals surface area contributed by atoms with E-state index in [0.29, 0.717) is 33.2 Å². The zero-order chi connectivity index (χ0) is 20.4. The number of imide groups is 1. The number of rotatable bonds is 5. The van der Waals surface area contributed by atoms with Crippen LogP contribution in [-0.2, 0) is 14.4 Å². The summed E-state index contributed by atoms with van der Waals surface area (Å²) in [5.41, 5.74) is 4.27. The lowest BCUT2D eigenvalue weighted by Gasteiger charge is -2.19. The Morgan fingerprint density at radius 1 is 1.04 bits per heavy atom. The lowest BCUT2D eigenvalue weighted by atomic mass is 10.0. The molecule has 0 radical (unpaired) electrons. The SMILES string of the molecule is CCSC1=C(c2ccc(NC(C)=O)cc2)C(=O)N(c2cccc(C)c2C)C1=O. The molecule has 0 bridgehead atoms. The summed E-state index contributed by atoms with van der Waals surface area (Å²) in [6.45, 7) is 7.26. The minimum absolute atomic E-state index is 0.164. The fourth-order valence-corrected chi connectivity index (χ4v) is 4.02. The van der Waals surface area contributed by atoms with Crippen molar-refractivity contribution in [3.63, 3.8) is 0 Å². The molecule has 0 unspecified atom stereocenters. The minimum atomic E-state index is -0.318. The molecule has 0 aromatic heterocycles. The number of aryl methyl sites for hydroxylation is 1. The van der Waals surface area contributed by atoms with Crippen molar-refractivity contribution in [2.75, 3.05) is 16.0 Å². The molecule has 1 N–H and O–H groups in total. The molecule has 0 atom stereocenters. The van der Waals surface area contributed by atoms with E-state index in [1.54, 1.807) is 30.3 Å². The zero-order valence-corrected chi connectivity index (χ0v) is 17.1. The molecule has 0 fully saturated rings. The van der Waals surface area contributed by atoms with Crippen LogP contribution < -0.4 is 10.2 Å². The normalized spacial score (nSPS) is 14.1. The van der Waals surface area contributed by atoms with Crippen LogP contribution in [0, 0.1) is 13.8 Å². The Morgan fingerprint density at radius 3 is 2.32 bits per heavy atom. The van der Waals surface area contributed by atoms with Crippen LogP contribution in [0.1, 0.15) is 30.5 Å². The first-order chi connectivity index (χ1) is 13.3. The first-order valence-electron chi connectivity index (χ1n) is 9.05. The monoisotopic (exact) mass is 394 g/mol. The largest absolute Gasteiger partial charge is 0.326 e. The second-order valence-electron chi connectivity index (χ2n) is 6.56. The predicted molar refractivity (Wildman–Crippen MR) is 114 cm³/mol. The van der Waals surface area contributed by atoms with Gasteiger partial charge in [-0.25, -0.2) is 4.90 Å². The summed E-state index contributed by atoms with van der Waals surface area (Å²) < 4.78 is 0. The maximum Gasteiger partial charge on any atom is 0.272 e. The van der Waals surface area contributed by atoms with Crippen LogP contribution in [0.2, 0.25) is 0 Å². The summed E-state index contributed by atoms with van der Waals surface area (Å²) >= 11 is 1.37. The summed E-state index contributed by atoms with van der Waals surface area (Å²) in [7, 11) is 0. The Morgan fingerprint density at radius 2 is 1.71 bits per heavy atom. The molecule has 0 aliphatic carbocycles. The van der Waals surface area contributed by atoms with E-state index in [1.165, 1.54) is 23.6 Å². The van der Waals surface area contributed by atoms with Gasteiger partial charge in [0.25, 0.3) is 11.8 Å². The van der Waals surface area contributed by atoms with Crippen molar-refractivity contribution < 1.29 is 14.4 Å². The highest BCUT2D eigenvalue weighted by Gasteiger charge is 2.40. The molecule has 2 aromatic rings. The van der Waals surface area contributed by atoms with Gasteiger partial charge in [0, 0.05) is 12.6 Å². The van der Waals surface area contributed by atoms with Crippen LogP contribution >= 0.6 is 11.8 Å². The highest BCUT2D eigenvalue weighted by Crippen LogP contribution is 2.39. The van der Waals surface area contributed by atoms with Crippen LogP contribution in [0.5, 0.6) is 0 Å². The molecule has 3 rings (SSSR count). The van der Waals surface area contributed by atoms with E-state index in [0.717, 1.165) is 11.1 Å². The minimum Gasteiger partial charge on any atom is -0.326 e. The zero-order valence-electron chi connectivity index (χ0n) is 16.3. The van der Waals surface area contributed by atoms with E-state index >= 15 is 0 Å². The molecule has 0 saturated carbocycles. The topological polar surface area (TPSA) is 66.5 Å². The lowest BCUT2D eigenvalue weighted by Crippen LogP contribution is -2.32. The number of carbonyl (C=O) groups excluding carboxylic acids is 3. The van der Waals surface area contributed by atoms with Gasteiger partial charge in [-0.2, -0.15) is 0 Å². The van der Waals surface area contributed by atoms with Gasteiger partial charge in [0.2, 0.25) is 5.91 Å². The fraction of sp³-hybridized carbons (Fsp3) is 0.227. The molecule has 1 aliphatic rings. The van der Waals surface area contributed by atoms with Crippen molar-refractivity contribution in [2.45, 2.75) is 27.7 Å². The van der Waals surface area contributed by atoms with Crippen molar-refractivity contribution in [1.29, 1.82) is 0 Å². The Kier molecular flexibility index (Phi) is 5.70. The highest BCUT2D eigenvalue weighted by molar-refractivity contribution is 8.04. The van der Waals surface area contributed by atoms with Crippen LogP contribution in [0.25, 0.3) is 5.57 Å². The number of anilines is 2. The molecule has 1 heterocycles. The summed E-state index contributed by atoms with van der Waals surface area (Å²) in [4.78, 5) is 39.4. The molecular weight excluding hydrogens is 372 g/mol. The van der Waals surface area contributed by atoms with E-state index in [-0.39, 0.29) is 17.7 Å². The maximum absolute atomic E-state index is 13.3. The molecule has 6 heteroatoms. The summed E-state index contributed by atoms with van der Waals surface area (Å²) in [5, 5.41) is 2.70. The van der Waals surface area contributed by atoms with Gasteiger partial charge >= 0.3 is 0 Å². The van der Waals surface area contributed by atoms with E-state index in [2.05, 4.69) is 5.32 Å². The van der Waals surface area contributed by atoms with E-state index in [4.69, 9.17) is 0 Å². The lowest BCUT2D eigenvalue weighted by molar-refractivity contribution is -0.120. The van der Waals surface area contributed by atoms with Crippen LogP contribution in [0.4, 0.5) is 11.4 Å². The fourth-order valence-electron chi connectivity index (χ4n) is 3.16. The van der Waals surface area contributed by atoms with Gasteiger partial charge in [-0.15, -0.1) is 11.8 Å².